The fraction of sp³-hybridized carbons (Fsp3) is 0.500. The van der Waals surface area contributed by atoms with Crippen molar-refractivity contribution in [3.05, 3.63) is 29.3 Å². The topological polar surface area (TPSA) is 44.4 Å². The molecule has 1 aromatic rings. The number of rotatable bonds is 4. The van der Waals surface area contributed by atoms with E-state index in [1.807, 2.05) is 12.1 Å². The van der Waals surface area contributed by atoms with Crippen molar-refractivity contribution in [3.8, 4) is 0 Å². The molecule has 1 atom stereocenters. The highest BCUT2D eigenvalue weighted by Crippen LogP contribution is 2.15. The van der Waals surface area contributed by atoms with Crippen LogP contribution in [-0.2, 0) is 4.79 Å². The van der Waals surface area contributed by atoms with Crippen LogP contribution in [0.4, 0.5) is 5.69 Å². The van der Waals surface area contributed by atoms with Crippen molar-refractivity contribution in [3.63, 3.8) is 0 Å². The number of halogens is 2. The van der Waals surface area contributed by atoms with Gasteiger partial charge < -0.3 is 10.6 Å². The predicted molar refractivity (Wildman–Crippen MR) is 85.9 cm³/mol. The molecule has 20 heavy (non-hydrogen) atoms. The third-order valence-corrected chi connectivity index (χ3v) is 3.61. The summed E-state index contributed by atoms with van der Waals surface area (Å²) in [5.41, 5.74) is 0.755. The standard InChI is InChI=1S/C14H20ClN3O.ClH/c1-11-10-16-6-8-18(11)7-5-14(19)17-13-4-2-3-12(15)9-13;/h2-4,9,11,16H,5-8,10H2,1H3,(H,17,19);1H/t11-;/m0./s1. The van der Waals surface area contributed by atoms with E-state index >= 15 is 0 Å². The highest BCUT2D eigenvalue weighted by Gasteiger charge is 2.18. The van der Waals surface area contributed by atoms with Gasteiger partial charge in [0.25, 0.3) is 0 Å². The Morgan fingerprint density at radius 2 is 2.35 bits per heavy atom. The third kappa shape index (κ3) is 5.29. The monoisotopic (exact) mass is 317 g/mol. The maximum atomic E-state index is 11.9. The van der Waals surface area contributed by atoms with Crippen molar-refractivity contribution < 1.29 is 4.79 Å². The number of benzene rings is 1. The van der Waals surface area contributed by atoms with Gasteiger partial charge in [0.2, 0.25) is 5.91 Å². The van der Waals surface area contributed by atoms with Gasteiger partial charge in [-0.15, -0.1) is 12.4 Å². The van der Waals surface area contributed by atoms with Gasteiger partial charge in [0.05, 0.1) is 0 Å². The second-order valence-corrected chi connectivity index (χ2v) is 5.33. The normalized spacial score (nSPS) is 19.2. The Morgan fingerprint density at radius 3 is 3.05 bits per heavy atom. The summed E-state index contributed by atoms with van der Waals surface area (Å²) in [5, 5.41) is 6.85. The SMILES string of the molecule is C[C@H]1CNCCN1CCC(=O)Nc1cccc(Cl)c1.Cl. The van der Waals surface area contributed by atoms with Gasteiger partial charge in [-0.2, -0.15) is 0 Å². The molecule has 2 N–H and O–H groups in total. The minimum atomic E-state index is 0. The number of anilines is 1. The Bertz CT molecular complexity index is 442. The van der Waals surface area contributed by atoms with E-state index < -0.39 is 0 Å². The first-order chi connectivity index (χ1) is 9.15. The van der Waals surface area contributed by atoms with E-state index in [1.165, 1.54) is 0 Å². The van der Waals surface area contributed by atoms with Crippen molar-refractivity contribution in [1.82, 2.24) is 10.2 Å². The predicted octanol–water partition coefficient (Wildman–Crippen LogP) is 2.38. The molecule has 1 fully saturated rings. The second kappa shape index (κ2) is 8.47. The van der Waals surface area contributed by atoms with Crippen LogP contribution in [0.15, 0.2) is 24.3 Å². The van der Waals surface area contributed by atoms with Gasteiger partial charge in [0, 0.05) is 49.4 Å². The molecule has 0 radical (unpaired) electrons. The van der Waals surface area contributed by atoms with Crippen molar-refractivity contribution in [1.29, 1.82) is 0 Å². The van der Waals surface area contributed by atoms with E-state index in [1.54, 1.807) is 12.1 Å². The molecule has 112 valence electrons. The van der Waals surface area contributed by atoms with Gasteiger partial charge in [-0.1, -0.05) is 17.7 Å². The van der Waals surface area contributed by atoms with Crippen LogP contribution in [0.2, 0.25) is 5.02 Å². The first-order valence-corrected chi connectivity index (χ1v) is 7.03. The number of nitrogens with zero attached hydrogens (tertiary/aromatic N) is 1. The van der Waals surface area contributed by atoms with Crippen LogP contribution in [-0.4, -0.2) is 43.0 Å². The average Bonchev–Trinajstić information content (AvgIpc) is 2.38. The van der Waals surface area contributed by atoms with E-state index in [9.17, 15) is 4.79 Å². The molecule has 1 aliphatic rings. The van der Waals surface area contributed by atoms with E-state index in [2.05, 4.69) is 22.5 Å². The van der Waals surface area contributed by atoms with E-state index in [0.29, 0.717) is 17.5 Å². The molecule has 1 aliphatic heterocycles. The Hall–Kier alpha value is -0.810. The van der Waals surface area contributed by atoms with E-state index in [-0.39, 0.29) is 18.3 Å². The molecule has 6 heteroatoms. The first-order valence-electron chi connectivity index (χ1n) is 6.65. The van der Waals surface area contributed by atoms with E-state index in [0.717, 1.165) is 31.9 Å². The quantitative estimate of drug-likeness (QED) is 0.896. The van der Waals surface area contributed by atoms with Crippen LogP contribution >= 0.6 is 24.0 Å². The van der Waals surface area contributed by atoms with Crippen molar-refractivity contribution in [2.24, 2.45) is 0 Å². The van der Waals surface area contributed by atoms with Crippen LogP contribution in [0.5, 0.6) is 0 Å². The van der Waals surface area contributed by atoms with Gasteiger partial charge >= 0.3 is 0 Å². The molecule has 1 amide bonds. The highest BCUT2D eigenvalue weighted by molar-refractivity contribution is 6.30. The number of hydrogen-bond donors (Lipinski definition) is 2. The van der Waals surface area contributed by atoms with Crippen molar-refractivity contribution >= 4 is 35.6 Å². The molecule has 1 heterocycles. The third-order valence-electron chi connectivity index (χ3n) is 3.37. The number of carbonyl (C=O) groups excluding carboxylic acids is 1. The lowest BCUT2D eigenvalue weighted by Crippen LogP contribution is -2.50. The lowest BCUT2D eigenvalue weighted by Gasteiger charge is -2.33. The molecule has 0 saturated carbocycles. The molecule has 0 bridgehead atoms. The van der Waals surface area contributed by atoms with Gasteiger partial charge in [0.15, 0.2) is 0 Å². The molecule has 0 spiro atoms. The summed E-state index contributed by atoms with van der Waals surface area (Å²) in [5.74, 6) is 0.0352. The summed E-state index contributed by atoms with van der Waals surface area (Å²) in [6.07, 6.45) is 0.511. The maximum absolute atomic E-state index is 11.9. The average molecular weight is 318 g/mol. The molecule has 1 aromatic carbocycles. The highest BCUT2D eigenvalue weighted by atomic mass is 35.5. The molecular formula is C14H21Cl2N3O. The minimum absolute atomic E-state index is 0. The maximum Gasteiger partial charge on any atom is 0.225 e. The zero-order chi connectivity index (χ0) is 13.7. The second-order valence-electron chi connectivity index (χ2n) is 4.90. The van der Waals surface area contributed by atoms with Crippen LogP contribution in [0.3, 0.4) is 0 Å². The number of nitrogens with one attached hydrogen (secondary N) is 2. The number of amides is 1. The van der Waals surface area contributed by atoms with Crippen LogP contribution < -0.4 is 10.6 Å². The largest absolute Gasteiger partial charge is 0.326 e. The summed E-state index contributed by atoms with van der Waals surface area (Å²) in [7, 11) is 0. The van der Waals surface area contributed by atoms with Crippen LogP contribution in [0, 0.1) is 0 Å². The number of hydrogen-bond acceptors (Lipinski definition) is 3. The summed E-state index contributed by atoms with van der Waals surface area (Å²) in [4.78, 5) is 14.2. The van der Waals surface area contributed by atoms with Gasteiger partial charge in [0.1, 0.15) is 0 Å². The van der Waals surface area contributed by atoms with Crippen molar-refractivity contribution in [2.45, 2.75) is 19.4 Å². The van der Waals surface area contributed by atoms with Crippen molar-refractivity contribution in [2.75, 3.05) is 31.5 Å². The van der Waals surface area contributed by atoms with Gasteiger partial charge in [-0.05, 0) is 25.1 Å². The lowest BCUT2D eigenvalue weighted by atomic mass is 10.2. The lowest BCUT2D eigenvalue weighted by molar-refractivity contribution is -0.116. The summed E-state index contributed by atoms with van der Waals surface area (Å²) in [6, 6.07) is 7.72. The molecule has 4 nitrogen and oxygen atoms in total. The Balaban J connectivity index is 0.00000200. The summed E-state index contributed by atoms with van der Waals surface area (Å²) >= 11 is 5.88. The Morgan fingerprint density at radius 1 is 1.55 bits per heavy atom. The molecular weight excluding hydrogens is 297 g/mol. The summed E-state index contributed by atoms with van der Waals surface area (Å²) < 4.78 is 0. The fourth-order valence-electron chi connectivity index (χ4n) is 2.25. The zero-order valence-corrected chi connectivity index (χ0v) is 13.1. The first kappa shape index (κ1) is 17.2. The van der Waals surface area contributed by atoms with Crippen LogP contribution in [0.25, 0.3) is 0 Å². The molecule has 2 rings (SSSR count). The molecule has 0 aromatic heterocycles. The Labute approximate surface area is 131 Å². The molecule has 0 unspecified atom stereocenters. The Kier molecular flexibility index (Phi) is 7.30. The van der Waals surface area contributed by atoms with Gasteiger partial charge in [-0.3, -0.25) is 9.69 Å². The minimum Gasteiger partial charge on any atom is -0.326 e. The van der Waals surface area contributed by atoms with Crippen LogP contribution in [0.1, 0.15) is 13.3 Å². The van der Waals surface area contributed by atoms with E-state index in [4.69, 9.17) is 11.6 Å². The zero-order valence-electron chi connectivity index (χ0n) is 11.6. The molecule has 1 saturated heterocycles. The fourth-order valence-corrected chi connectivity index (χ4v) is 2.44. The summed E-state index contributed by atoms with van der Waals surface area (Å²) in [6.45, 7) is 5.98. The smallest absolute Gasteiger partial charge is 0.225 e. The number of carbonyl (C=O) groups is 1. The van der Waals surface area contributed by atoms with Gasteiger partial charge in [-0.25, -0.2) is 0 Å². The molecule has 0 aliphatic carbocycles. The number of piperazine rings is 1.